The van der Waals surface area contributed by atoms with Crippen molar-refractivity contribution in [3.05, 3.63) is 47.3 Å². The molecule has 1 aromatic heterocycles. The molecule has 2 amide bonds. The maximum Gasteiger partial charge on any atom is 0.407 e. The number of hydrogen-bond donors (Lipinski definition) is 2. The Bertz CT molecular complexity index is 807. The smallest absolute Gasteiger partial charge is 0.407 e. The Kier molecular flexibility index (Phi) is 9.05. The first-order valence-corrected chi connectivity index (χ1v) is 10.7. The van der Waals surface area contributed by atoms with E-state index in [4.69, 9.17) is 9.26 Å². The second kappa shape index (κ2) is 11.5. The van der Waals surface area contributed by atoms with Gasteiger partial charge in [0, 0.05) is 23.5 Å². The molecule has 0 saturated heterocycles. The lowest BCUT2D eigenvalue weighted by molar-refractivity contribution is 0.0941. The van der Waals surface area contributed by atoms with E-state index in [-0.39, 0.29) is 11.9 Å². The van der Waals surface area contributed by atoms with Crippen LogP contribution in [0.25, 0.3) is 0 Å². The molecule has 8 heteroatoms. The SMILES string of the molecule is CCOC(=O)NC(CNC(=O)c1ccccc1SCc1cc(C)no1)CC(C)C. The summed E-state index contributed by atoms with van der Waals surface area (Å²) in [6.07, 6.45) is 0.270. The number of amides is 2. The van der Waals surface area contributed by atoms with Gasteiger partial charge in [-0.25, -0.2) is 4.79 Å². The summed E-state index contributed by atoms with van der Waals surface area (Å²) >= 11 is 1.52. The molecule has 1 atom stereocenters. The van der Waals surface area contributed by atoms with Gasteiger partial charge in [-0.1, -0.05) is 31.1 Å². The van der Waals surface area contributed by atoms with Gasteiger partial charge in [-0.2, -0.15) is 0 Å². The van der Waals surface area contributed by atoms with Gasteiger partial charge in [0.05, 0.1) is 23.6 Å². The van der Waals surface area contributed by atoms with Crippen molar-refractivity contribution in [3.63, 3.8) is 0 Å². The van der Waals surface area contributed by atoms with Gasteiger partial charge in [-0.05, 0) is 38.3 Å². The zero-order valence-electron chi connectivity index (χ0n) is 17.4. The van der Waals surface area contributed by atoms with Crippen LogP contribution in [0, 0.1) is 12.8 Å². The Balaban J connectivity index is 1.98. The monoisotopic (exact) mass is 419 g/mol. The number of benzene rings is 1. The molecule has 158 valence electrons. The molecule has 0 bridgehead atoms. The molecule has 29 heavy (non-hydrogen) atoms. The third-order valence-electron chi connectivity index (χ3n) is 4.04. The number of rotatable bonds is 10. The third-order valence-corrected chi connectivity index (χ3v) is 5.14. The minimum Gasteiger partial charge on any atom is -0.450 e. The Morgan fingerprint density at radius 1 is 1.28 bits per heavy atom. The van der Waals surface area contributed by atoms with Crippen molar-refractivity contribution >= 4 is 23.8 Å². The lowest BCUT2D eigenvalue weighted by Gasteiger charge is -2.21. The van der Waals surface area contributed by atoms with Crippen LogP contribution in [0.1, 0.15) is 49.0 Å². The molecule has 2 aromatic rings. The zero-order chi connectivity index (χ0) is 21.2. The average molecular weight is 420 g/mol. The lowest BCUT2D eigenvalue weighted by atomic mass is 10.0. The molecular weight excluding hydrogens is 390 g/mol. The molecule has 1 unspecified atom stereocenters. The van der Waals surface area contributed by atoms with Crippen LogP contribution in [-0.2, 0) is 10.5 Å². The van der Waals surface area contributed by atoms with Crippen LogP contribution >= 0.6 is 11.8 Å². The highest BCUT2D eigenvalue weighted by Gasteiger charge is 2.18. The third kappa shape index (κ3) is 7.81. The second-order valence-corrected chi connectivity index (χ2v) is 8.14. The van der Waals surface area contributed by atoms with Crippen LogP contribution in [0.2, 0.25) is 0 Å². The van der Waals surface area contributed by atoms with Crippen molar-refractivity contribution < 1.29 is 18.8 Å². The quantitative estimate of drug-likeness (QED) is 0.562. The first-order chi connectivity index (χ1) is 13.9. The highest BCUT2D eigenvalue weighted by atomic mass is 32.2. The molecule has 0 aliphatic heterocycles. The van der Waals surface area contributed by atoms with E-state index >= 15 is 0 Å². The summed E-state index contributed by atoms with van der Waals surface area (Å²) in [6, 6.07) is 9.11. The van der Waals surface area contributed by atoms with Crippen molar-refractivity contribution in [3.8, 4) is 0 Å². The van der Waals surface area contributed by atoms with Crippen LogP contribution in [0.4, 0.5) is 4.79 Å². The largest absolute Gasteiger partial charge is 0.450 e. The van der Waals surface area contributed by atoms with Gasteiger partial charge in [-0.3, -0.25) is 4.79 Å². The number of hydrogen-bond acceptors (Lipinski definition) is 6. The van der Waals surface area contributed by atoms with E-state index in [1.807, 2.05) is 31.2 Å². The van der Waals surface area contributed by atoms with E-state index in [1.165, 1.54) is 11.8 Å². The highest BCUT2D eigenvalue weighted by Crippen LogP contribution is 2.26. The first kappa shape index (κ1) is 22.8. The molecule has 0 fully saturated rings. The summed E-state index contributed by atoms with van der Waals surface area (Å²) in [4.78, 5) is 25.4. The predicted octanol–water partition coefficient (Wildman–Crippen LogP) is 4.17. The predicted molar refractivity (Wildman–Crippen MR) is 113 cm³/mol. The van der Waals surface area contributed by atoms with E-state index in [9.17, 15) is 9.59 Å². The Morgan fingerprint density at radius 3 is 2.69 bits per heavy atom. The second-order valence-electron chi connectivity index (χ2n) is 7.12. The fraction of sp³-hybridized carbons (Fsp3) is 0.476. The maximum atomic E-state index is 12.8. The number of carbonyl (C=O) groups is 2. The minimum absolute atomic E-state index is 0.179. The fourth-order valence-electron chi connectivity index (χ4n) is 2.83. The number of carbonyl (C=O) groups excluding carboxylic acids is 2. The summed E-state index contributed by atoms with van der Waals surface area (Å²) < 4.78 is 10.2. The van der Waals surface area contributed by atoms with E-state index in [2.05, 4.69) is 29.6 Å². The number of alkyl carbamates (subject to hydrolysis) is 1. The number of aromatic nitrogens is 1. The van der Waals surface area contributed by atoms with Gasteiger partial charge in [0.2, 0.25) is 0 Å². The van der Waals surface area contributed by atoms with E-state index < -0.39 is 6.09 Å². The molecule has 0 aliphatic rings. The van der Waals surface area contributed by atoms with Crippen LogP contribution in [0.15, 0.2) is 39.8 Å². The molecular formula is C21H29N3O4S. The lowest BCUT2D eigenvalue weighted by Crippen LogP contribution is -2.44. The average Bonchev–Trinajstić information content (AvgIpc) is 3.09. The molecule has 2 N–H and O–H groups in total. The van der Waals surface area contributed by atoms with Gasteiger partial charge >= 0.3 is 6.09 Å². The topological polar surface area (TPSA) is 93.5 Å². The molecule has 1 aromatic carbocycles. The normalized spacial score (nSPS) is 11.9. The van der Waals surface area contributed by atoms with Crippen LogP contribution in [0.3, 0.4) is 0 Å². The van der Waals surface area contributed by atoms with Crippen molar-refractivity contribution in [1.29, 1.82) is 0 Å². The van der Waals surface area contributed by atoms with Gasteiger partial charge in [-0.15, -0.1) is 11.8 Å². The van der Waals surface area contributed by atoms with E-state index in [0.29, 0.717) is 30.4 Å². The van der Waals surface area contributed by atoms with Gasteiger partial charge in [0.25, 0.3) is 5.91 Å². The van der Waals surface area contributed by atoms with Crippen LogP contribution in [0.5, 0.6) is 0 Å². The van der Waals surface area contributed by atoms with E-state index in [1.54, 1.807) is 13.0 Å². The standard InChI is InChI=1S/C21H29N3O4S/c1-5-27-21(26)23-16(10-14(2)3)12-22-20(25)18-8-6-7-9-19(18)29-13-17-11-15(4)24-28-17/h6-9,11,14,16H,5,10,12-13H2,1-4H3,(H,22,25)(H,23,26). The van der Waals surface area contributed by atoms with Gasteiger partial charge < -0.3 is 19.9 Å². The number of aryl methyl sites for hydroxylation is 1. The maximum absolute atomic E-state index is 12.8. The first-order valence-electron chi connectivity index (χ1n) is 9.74. The molecule has 1 heterocycles. The number of ether oxygens (including phenoxy) is 1. The molecule has 0 aliphatic carbocycles. The van der Waals surface area contributed by atoms with E-state index in [0.717, 1.165) is 22.8 Å². The van der Waals surface area contributed by atoms with Gasteiger partial charge in [0.1, 0.15) is 5.76 Å². The van der Waals surface area contributed by atoms with Gasteiger partial charge in [0.15, 0.2) is 0 Å². The fourth-order valence-corrected chi connectivity index (χ4v) is 3.75. The molecule has 2 rings (SSSR count). The summed E-state index contributed by atoms with van der Waals surface area (Å²) in [5.74, 6) is 1.54. The Labute approximate surface area is 175 Å². The highest BCUT2D eigenvalue weighted by molar-refractivity contribution is 7.98. The van der Waals surface area contributed by atoms with Crippen LogP contribution in [-0.4, -0.2) is 36.4 Å². The number of nitrogens with one attached hydrogen (secondary N) is 2. The Hall–Kier alpha value is -2.48. The summed E-state index contributed by atoms with van der Waals surface area (Å²) in [5.41, 5.74) is 1.42. The zero-order valence-corrected chi connectivity index (χ0v) is 18.2. The van der Waals surface area contributed by atoms with Crippen LogP contribution < -0.4 is 10.6 Å². The van der Waals surface area contributed by atoms with Crippen molar-refractivity contribution in [1.82, 2.24) is 15.8 Å². The summed E-state index contributed by atoms with van der Waals surface area (Å²) in [7, 11) is 0. The minimum atomic E-state index is -0.467. The molecule has 0 saturated carbocycles. The number of thioether (sulfide) groups is 1. The number of nitrogens with zero attached hydrogens (tertiary/aromatic N) is 1. The Morgan fingerprint density at radius 2 is 2.03 bits per heavy atom. The molecule has 0 spiro atoms. The summed E-state index contributed by atoms with van der Waals surface area (Å²) in [6.45, 7) is 8.40. The van der Waals surface area contributed by atoms with Crippen molar-refractivity contribution in [2.45, 2.75) is 50.8 Å². The summed E-state index contributed by atoms with van der Waals surface area (Å²) in [5, 5.41) is 9.64. The van der Waals surface area contributed by atoms with Crippen molar-refractivity contribution in [2.75, 3.05) is 13.2 Å². The van der Waals surface area contributed by atoms with Crippen molar-refractivity contribution in [2.24, 2.45) is 5.92 Å². The molecule has 0 radical (unpaired) electrons. The molecule has 7 nitrogen and oxygen atoms in total.